The summed E-state index contributed by atoms with van der Waals surface area (Å²) in [5.41, 5.74) is 1.40. The highest BCUT2D eigenvalue weighted by atomic mass is 32.1. The number of aryl methyl sites for hydroxylation is 1. The zero-order valence-electron chi connectivity index (χ0n) is 10.5. The fourth-order valence-electron chi connectivity index (χ4n) is 1.78. The number of rotatable bonds is 4. The minimum absolute atomic E-state index is 0.174. The summed E-state index contributed by atoms with van der Waals surface area (Å²) < 4.78 is 17.2. The predicted octanol–water partition coefficient (Wildman–Crippen LogP) is 3.46. The molecule has 1 aromatic heterocycles. The zero-order valence-corrected chi connectivity index (χ0v) is 11.3. The van der Waals surface area contributed by atoms with Gasteiger partial charge < -0.3 is 10.4 Å². The number of aromatic nitrogens is 1. The lowest BCUT2D eigenvalue weighted by Crippen LogP contribution is -2.09. The van der Waals surface area contributed by atoms with Gasteiger partial charge in [0.1, 0.15) is 16.4 Å². The molecule has 0 saturated carbocycles. The molecule has 2 N–H and O–H groups in total. The molecule has 100 valence electrons. The van der Waals surface area contributed by atoms with Crippen LogP contribution in [0.5, 0.6) is 0 Å². The molecular weight excluding hydrogens is 267 g/mol. The van der Waals surface area contributed by atoms with Gasteiger partial charge in [-0.3, -0.25) is 0 Å². The molecule has 1 heterocycles. The minimum Gasteiger partial charge on any atom is -0.478 e. The van der Waals surface area contributed by atoms with Gasteiger partial charge in [-0.05, 0) is 43.1 Å². The van der Waals surface area contributed by atoms with E-state index in [-0.39, 0.29) is 17.4 Å². The molecule has 0 aliphatic rings. The number of halogens is 1. The number of aromatic carboxylic acids is 1. The number of benzene rings is 1. The van der Waals surface area contributed by atoms with E-state index in [9.17, 15) is 9.18 Å². The van der Waals surface area contributed by atoms with E-state index in [0.29, 0.717) is 10.7 Å². The lowest BCUT2D eigenvalue weighted by atomic mass is 10.1. The first kappa shape index (κ1) is 13.5. The molecule has 1 atom stereocenters. The van der Waals surface area contributed by atoms with Crippen molar-refractivity contribution in [2.45, 2.75) is 19.9 Å². The molecule has 19 heavy (non-hydrogen) atoms. The number of carbonyl (C=O) groups is 1. The van der Waals surface area contributed by atoms with Crippen LogP contribution < -0.4 is 5.32 Å². The predicted molar refractivity (Wildman–Crippen MR) is 72.2 cm³/mol. The summed E-state index contributed by atoms with van der Waals surface area (Å²) >= 11 is 1.10. The molecule has 2 rings (SSSR count). The largest absolute Gasteiger partial charge is 0.478 e. The molecule has 0 spiro atoms. The molecule has 0 aliphatic carbocycles. The number of anilines is 1. The summed E-state index contributed by atoms with van der Waals surface area (Å²) in [5, 5.41) is 12.7. The van der Waals surface area contributed by atoms with E-state index in [1.165, 1.54) is 12.1 Å². The Kier molecular flexibility index (Phi) is 3.80. The van der Waals surface area contributed by atoms with Crippen LogP contribution in [0.25, 0.3) is 0 Å². The Hall–Kier alpha value is -1.95. The van der Waals surface area contributed by atoms with Crippen molar-refractivity contribution in [3.8, 4) is 0 Å². The molecule has 0 amide bonds. The molecule has 0 saturated heterocycles. The van der Waals surface area contributed by atoms with Crippen LogP contribution in [-0.4, -0.2) is 15.4 Å². The summed E-state index contributed by atoms with van der Waals surface area (Å²) in [6, 6.07) is 6.00. The molecule has 0 radical (unpaired) electrons. The second-order valence-electron chi connectivity index (χ2n) is 4.20. The Bertz CT molecular complexity index is 612. The smallest absolute Gasteiger partial charge is 0.340 e. The summed E-state index contributed by atoms with van der Waals surface area (Å²) in [6.45, 7) is 3.49. The highest BCUT2D eigenvalue weighted by Crippen LogP contribution is 2.28. The topological polar surface area (TPSA) is 62.2 Å². The van der Waals surface area contributed by atoms with E-state index < -0.39 is 5.97 Å². The van der Waals surface area contributed by atoms with Gasteiger partial charge in [-0.2, -0.15) is 4.37 Å². The van der Waals surface area contributed by atoms with Gasteiger partial charge >= 0.3 is 5.97 Å². The van der Waals surface area contributed by atoms with Gasteiger partial charge in [-0.25, -0.2) is 9.18 Å². The Morgan fingerprint density at radius 1 is 1.53 bits per heavy atom. The van der Waals surface area contributed by atoms with Crippen molar-refractivity contribution in [3.63, 3.8) is 0 Å². The van der Waals surface area contributed by atoms with Crippen LogP contribution in [0, 0.1) is 12.7 Å². The number of carboxylic acids is 1. The van der Waals surface area contributed by atoms with Crippen molar-refractivity contribution >= 4 is 22.5 Å². The van der Waals surface area contributed by atoms with Crippen molar-refractivity contribution in [2.75, 3.05) is 5.32 Å². The number of hydrogen-bond acceptors (Lipinski definition) is 4. The van der Waals surface area contributed by atoms with E-state index in [4.69, 9.17) is 5.11 Å². The Balaban J connectivity index is 2.24. The first-order valence-electron chi connectivity index (χ1n) is 5.70. The first-order valence-corrected chi connectivity index (χ1v) is 6.48. The fourth-order valence-corrected chi connectivity index (χ4v) is 2.65. The molecule has 0 aliphatic heterocycles. The van der Waals surface area contributed by atoms with Crippen molar-refractivity contribution in [2.24, 2.45) is 0 Å². The maximum absolute atomic E-state index is 13.1. The van der Waals surface area contributed by atoms with E-state index in [1.807, 2.05) is 6.92 Å². The van der Waals surface area contributed by atoms with Crippen LogP contribution in [0.1, 0.15) is 34.6 Å². The van der Waals surface area contributed by atoms with Gasteiger partial charge in [0.05, 0.1) is 5.69 Å². The molecule has 1 aromatic carbocycles. The number of nitrogens with one attached hydrogen (secondary N) is 1. The normalized spacial score (nSPS) is 12.2. The lowest BCUT2D eigenvalue weighted by molar-refractivity contribution is 0.0697. The Morgan fingerprint density at radius 2 is 2.26 bits per heavy atom. The van der Waals surface area contributed by atoms with Gasteiger partial charge in [0.25, 0.3) is 0 Å². The van der Waals surface area contributed by atoms with Crippen LogP contribution in [0.3, 0.4) is 0 Å². The quantitative estimate of drug-likeness (QED) is 0.900. The van der Waals surface area contributed by atoms with Crippen LogP contribution in [-0.2, 0) is 0 Å². The lowest BCUT2D eigenvalue weighted by Gasteiger charge is -2.14. The van der Waals surface area contributed by atoms with Crippen molar-refractivity contribution in [1.82, 2.24) is 4.37 Å². The molecule has 6 heteroatoms. The third-order valence-electron chi connectivity index (χ3n) is 2.77. The fraction of sp³-hybridized carbons (Fsp3) is 0.231. The zero-order chi connectivity index (χ0) is 14.0. The van der Waals surface area contributed by atoms with Crippen molar-refractivity contribution < 1.29 is 14.3 Å². The van der Waals surface area contributed by atoms with Crippen LogP contribution >= 0.6 is 11.5 Å². The number of carboxylic acid groups (broad SMARTS) is 1. The van der Waals surface area contributed by atoms with Crippen LogP contribution in [0.15, 0.2) is 24.3 Å². The Morgan fingerprint density at radius 3 is 2.89 bits per heavy atom. The third-order valence-corrected chi connectivity index (χ3v) is 3.64. The second-order valence-corrected chi connectivity index (χ2v) is 4.97. The van der Waals surface area contributed by atoms with Crippen LogP contribution in [0.2, 0.25) is 0 Å². The highest BCUT2D eigenvalue weighted by Gasteiger charge is 2.19. The van der Waals surface area contributed by atoms with Gasteiger partial charge in [0, 0.05) is 6.04 Å². The SMILES string of the molecule is Cc1nsc(NC(C)c2cccc(F)c2)c1C(=O)O. The summed E-state index contributed by atoms with van der Waals surface area (Å²) in [6.07, 6.45) is 0. The van der Waals surface area contributed by atoms with E-state index in [2.05, 4.69) is 9.69 Å². The monoisotopic (exact) mass is 280 g/mol. The minimum atomic E-state index is -1.01. The van der Waals surface area contributed by atoms with Crippen LogP contribution in [0.4, 0.5) is 9.39 Å². The highest BCUT2D eigenvalue weighted by molar-refractivity contribution is 7.10. The van der Waals surface area contributed by atoms with Gasteiger partial charge in [0.2, 0.25) is 0 Å². The Labute approximate surface area is 114 Å². The van der Waals surface area contributed by atoms with Gasteiger partial charge in [-0.15, -0.1) is 0 Å². The van der Waals surface area contributed by atoms with E-state index in [0.717, 1.165) is 17.1 Å². The average Bonchev–Trinajstić information content (AvgIpc) is 2.70. The standard InChI is InChI=1S/C13H13FN2O2S/c1-7(9-4-3-5-10(14)6-9)15-12-11(13(17)18)8(2)16-19-12/h3-7,15H,1-2H3,(H,17,18). The third kappa shape index (κ3) is 2.90. The molecular formula is C13H13FN2O2S. The number of hydrogen-bond donors (Lipinski definition) is 2. The molecule has 0 bridgehead atoms. The van der Waals surface area contributed by atoms with E-state index >= 15 is 0 Å². The van der Waals surface area contributed by atoms with Crippen molar-refractivity contribution in [1.29, 1.82) is 0 Å². The number of nitrogens with zero attached hydrogens (tertiary/aromatic N) is 1. The second kappa shape index (κ2) is 5.36. The maximum atomic E-state index is 13.1. The van der Waals surface area contributed by atoms with Gasteiger partial charge in [0.15, 0.2) is 0 Å². The first-order chi connectivity index (χ1) is 8.99. The molecule has 4 nitrogen and oxygen atoms in total. The van der Waals surface area contributed by atoms with Crippen molar-refractivity contribution in [3.05, 3.63) is 46.9 Å². The molecule has 1 unspecified atom stereocenters. The summed E-state index contributed by atoms with van der Waals surface area (Å²) in [5.74, 6) is -1.33. The average molecular weight is 280 g/mol. The molecule has 2 aromatic rings. The van der Waals surface area contributed by atoms with Gasteiger partial charge in [-0.1, -0.05) is 12.1 Å². The van der Waals surface area contributed by atoms with E-state index in [1.54, 1.807) is 19.1 Å². The summed E-state index contributed by atoms with van der Waals surface area (Å²) in [7, 11) is 0. The summed E-state index contributed by atoms with van der Waals surface area (Å²) in [4.78, 5) is 11.1. The molecule has 0 fully saturated rings. The maximum Gasteiger partial charge on any atom is 0.340 e.